The van der Waals surface area contributed by atoms with E-state index >= 15 is 0 Å². The van der Waals surface area contributed by atoms with E-state index in [0.717, 1.165) is 11.4 Å². The largest absolute Gasteiger partial charge is 0.406 e. The summed E-state index contributed by atoms with van der Waals surface area (Å²) in [5.41, 5.74) is 0. The Labute approximate surface area is 114 Å². The lowest BCUT2D eigenvalue weighted by Gasteiger charge is -2.11. The van der Waals surface area contributed by atoms with Gasteiger partial charge < -0.3 is 15.4 Å². The van der Waals surface area contributed by atoms with Crippen molar-refractivity contribution in [2.45, 2.75) is 26.3 Å². The molecular formula is C11H15N5O2S. The monoisotopic (exact) mass is 281 g/mol. The van der Waals surface area contributed by atoms with Gasteiger partial charge >= 0.3 is 5.82 Å². The zero-order valence-corrected chi connectivity index (χ0v) is 11.8. The minimum Gasteiger partial charge on any atom is -0.358 e. The highest BCUT2D eigenvalue weighted by Crippen LogP contribution is 2.28. The standard InChI is InChI=1S/C11H15N5O2S/c1-4-8-5-12-11(19-8)7(2)14-10-9(16(17)18)13-6-15(10)3/h5-7,14H,4H2,1-3H3. The maximum Gasteiger partial charge on any atom is 0.406 e. The summed E-state index contributed by atoms with van der Waals surface area (Å²) in [7, 11) is 1.72. The second-order valence-corrected chi connectivity index (χ2v) is 5.32. The topological polar surface area (TPSA) is 85.9 Å². The lowest BCUT2D eigenvalue weighted by Crippen LogP contribution is -2.10. The Balaban J connectivity index is 2.21. The highest BCUT2D eigenvalue weighted by Gasteiger charge is 2.22. The van der Waals surface area contributed by atoms with E-state index in [4.69, 9.17) is 0 Å². The van der Waals surface area contributed by atoms with Crippen molar-refractivity contribution < 1.29 is 4.92 Å². The smallest absolute Gasteiger partial charge is 0.358 e. The number of nitrogens with one attached hydrogen (secondary N) is 1. The summed E-state index contributed by atoms with van der Waals surface area (Å²) >= 11 is 1.61. The van der Waals surface area contributed by atoms with Crippen molar-refractivity contribution in [3.8, 4) is 0 Å². The van der Waals surface area contributed by atoms with Crippen molar-refractivity contribution in [2.75, 3.05) is 5.32 Å². The van der Waals surface area contributed by atoms with Crippen molar-refractivity contribution in [1.29, 1.82) is 0 Å². The molecular weight excluding hydrogens is 266 g/mol. The molecule has 1 N–H and O–H groups in total. The molecule has 1 unspecified atom stereocenters. The van der Waals surface area contributed by atoms with Crippen LogP contribution in [0.5, 0.6) is 0 Å². The van der Waals surface area contributed by atoms with E-state index in [2.05, 4.69) is 22.2 Å². The summed E-state index contributed by atoms with van der Waals surface area (Å²) in [5, 5.41) is 14.9. The van der Waals surface area contributed by atoms with Crippen LogP contribution >= 0.6 is 11.3 Å². The van der Waals surface area contributed by atoms with Crippen molar-refractivity contribution in [3.05, 3.63) is 32.5 Å². The van der Waals surface area contributed by atoms with Gasteiger partial charge in [0, 0.05) is 18.1 Å². The maximum atomic E-state index is 10.9. The first kappa shape index (κ1) is 13.5. The predicted molar refractivity (Wildman–Crippen MR) is 73.4 cm³/mol. The van der Waals surface area contributed by atoms with Crippen molar-refractivity contribution in [1.82, 2.24) is 14.5 Å². The predicted octanol–water partition coefficient (Wildman–Crippen LogP) is 2.52. The Hall–Kier alpha value is -1.96. The molecule has 8 heteroatoms. The Morgan fingerprint density at radius 2 is 2.32 bits per heavy atom. The first-order valence-corrected chi connectivity index (χ1v) is 6.71. The molecule has 0 aliphatic heterocycles. The van der Waals surface area contributed by atoms with E-state index in [9.17, 15) is 10.1 Å². The molecule has 102 valence electrons. The first-order valence-electron chi connectivity index (χ1n) is 5.89. The van der Waals surface area contributed by atoms with E-state index in [1.807, 2.05) is 13.1 Å². The van der Waals surface area contributed by atoms with Gasteiger partial charge in [0.15, 0.2) is 0 Å². The number of anilines is 1. The van der Waals surface area contributed by atoms with Gasteiger partial charge in [-0.1, -0.05) is 6.92 Å². The molecule has 2 heterocycles. The van der Waals surface area contributed by atoms with Crippen molar-refractivity contribution in [2.24, 2.45) is 7.05 Å². The van der Waals surface area contributed by atoms with Crippen LogP contribution < -0.4 is 5.32 Å². The fourth-order valence-corrected chi connectivity index (χ4v) is 2.53. The zero-order valence-electron chi connectivity index (χ0n) is 11.0. The number of hydrogen-bond acceptors (Lipinski definition) is 6. The third-order valence-corrected chi connectivity index (χ3v) is 4.06. The number of aryl methyl sites for hydroxylation is 2. The third-order valence-electron chi connectivity index (χ3n) is 2.73. The van der Waals surface area contributed by atoms with Gasteiger partial charge in [0.1, 0.15) is 5.01 Å². The molecule has 0 bridgehead atoms. The molecule has 0 aromatic carbocycles. The quantitative estimate of drug-likeness (QED) is 0.672. The van der Waals surface area contributed by atoms with Gasteiger partial charge in [-0.25, -0.2) is 4.98 Å². The second kappa shape index (κ2) is 5.35. The van der Waals surface area contributed by atoms with Crippen LogP contribution in [0.15, 0.2) is 12.5 Å². The summed E-state index contributed by atoms with van der Waals surface area (Å²) in [6, 6.07) is -0.0978. The van der Waals surface area contributed by atoms with E-state index in [0.29, 0.717) is 5.82 Å². The lowest BCUT2D eigenvalue weighted by atomic mass is 10.3. The average molecular weight is 281 g/mol. The Kier molecular flexibility index (Phi) is 3.79. The van der Waals surface area contributed by atoms with E-state index in [1.165, 1.54) is 11.2 Å². The number of hydrogen-bond donors (Lipinski definition) is 1. The number of aromatic nitrogens is 3. The molecule has 0 aliphatic carbocycles. The van der Waals surface area contributed by atoms with Crippen LogP contribution in [0.3, 0.4) is 0 Å². The van der Waals surface area contributed by atoms with Crippen molar-refractivity contribution >= 4 is 23.0 Å². The summed E-state index contributed by atoms with van der Waals surface area (Å²) in [4.78, 5) is 19.7. The molecule has 19 heavy (non-hydrogen) atoms. The summed E-state index contributed by atoms with van der Waals surface area (Å²) < 4.78 is 1.60. The van der Waals surface area contributed by atoms with Gasteiger partial charge in [-0.3, -0.25) is 4.57 Å². The van der Waals surface area contributed by atoms with Gasteiger partial charge in [-0.15, -0.1) is 11.3 Å². The molecule has 1 atom stereocenters. The van der Waals surface area contributed by atoms with Crippen LogP contribution in [-0.2, 0) is 13.5 Å². The van der Waals surface area contributed by atoms with Gasteiger partial charge in [-0.2, -0.15) is 0 Å². The molecule has 0 aliphatic rings. The molecule has 0 saturated carbocycles. The Bertz CT molecular complexity index is 592. The highest BCUT2D eigenvalue weighted by molar-refractivity contribution is 7.11. The lowest BCUT2D eigenvalue weighted by molar-refractivity contribution is -0.388. The van der Waals surface area contributed by atoms with E-state index in [-0.39, 0.29) is 11.9 Å². The van der Waals surface area contributed by atoms with Crippen LogP contribution in [0, 0.1) is 10.1 Å². The Morgan fingerprint density at radius 3 is 2.89 bits per heavy atom. The summed E-state index contributed by atoms with van der Waals surface area (Å²) in [5.74, 6) is 0.229. The van der Waals surface area contributed by atoms with E-state index < -0.39 is 4.92 Å². The van der Waals surface area contributed by atoms with Crippen LogP contribution in [0.4, 0.5) is 11.6 Å². The second-order valence-electron chi connectivity index (χ2n) is 4.17. The normalized spacial score (nSPS) is 12.4. The molecule has 7 nitrogen and oxygen atoms in total. The van der Waals surface area contributed by atoms with Crippen LogP contribution in [0.25, 0.3) is 0 Å². The maximum absolute atomic E-state index is 10.9. The molecule has 2 rings (SSSR count). The van der Waals surface area contributed by atoms with Gasteiger partial charge in [-0.05, 0) is 23.3 Å². The zero-order chi connectivity index (χ0) is 14.0. The minimum atomic E-state index is -0.492. The van der Waals surface area contributed by atoms with Crippen LogP contribution in [0.2, 0.25) is 0 Å². The van der Waals surface area contributed by atoms with Gasteiger partial charge in [0.25, 0.3) is 0 Å². The van der Waals surface area contributed by atoms with Gasteiger partial charge in [0.2, 0.25) is 12.1 Å². The molecule has 2 aromatic heterocycles. The summed E-state index contributed by atoms with van der Waals surface area (Å²) in [6.07, 6.45) is 4.21. The first-order chi connectivity index (χ1) is 9.02. The molecule has 0 fully saturated rings. The SMILES string of the molecule is CCc1cnc(C(C)Nc2c([N+](=O)[O-])ncn2C)s1. The van der Waals surface area contributed by atoms with Crippen LogP contribution in [-0.4, -0.2) is 19.5 Å². The Morgan fingerprint density at radius 1 is 1.58 bits per heavy atom. The molecule has 0 saturated heterocycles. The number of thiazole rings is 1. The fourth-order valence-electron chi connectivity index (χ4n) is 1.67. The van der Waals surface area contributed by atoms with Gasteiger partial charge in [0.05, 0.1) is 6.04 Å². The molecule has 0 amide bonds. The minimum absolute atomic E-state index is 0.0978. The van der Waals surface area contributed by atoms with E-state index in [1.54, 1.807) is 23.0 Å². The average Bonchev–Trinajstić information content (AvgIpc) is 2.97. The summed E-state index contributed by atoms with van der Waals surface area (Å²) in [6.45, 7) is 4.00. The number of imidazole rings is 1. The van der Waals surface area contributed by atoms with Crippen LogP contribution in [0.1, 0.15) is 29.8 Å². The molecule has 0 spiro atoms. The fraction of sp³-hybridized carbons (Fsp3) is 0.455. The number of nitrogens with zero attached hydrogens (tertiary/aromatic N) is 4. The molecule has 2 aromatic rings. The number of nitro groups is 1. The third kappa shape index (κ3) is 2.73. The molecule has 0 radical (unpaired) electrons. The van der Waals surface area contributed by atoms with Crippen molar-refractivity contribution in [3.63, 3.8) is 0 Å². The number of rotatable bonds is 5. The highest BCUT2D eigenvalue weighted by atomic mass is 32.1.